The van der Waals surface area contributed by atoms with Gasteiger partial charge in [0, 0.05) is 26.0 Å². The molecule has 0 radical (unpaired) electrons. The molecule has 0 bridgehead atoms. The molecule has 0 N–H and O–H groups in total. The molecule has 0 atom stereocenters. The van der Waals surface area contributed by atoms with Crippen LogP contribution < -0.4 is 4.90 Å². The minimum absolute atomic E-state index is 0.276. The van der Waals surface area contributed by atoms with Crippen molar-refractivity contribution in [3.63, 3.8) is 0 Å². The summed E-state index contributed by atoms with van der Waals surface area (Å²) in [5, 5.41) is 8.38. The molecule has 5 nitrogen and oxygen atoms in total. The van der Waals surface area contributed by atoms with Gasteiger partial charge in [-0.2, -0.15) is 10.2 Å². The van der Waals surface area contributed by atoms with Crippen LogP contribution >= 0.6 is 0 Å². The fraction of sp³-hybridized carbons (Fsp3) is 0.250. The lowest BCUT2D eigenvalue weighted by Gasteiger charge is -2.13. The Kier molecular flexibility index (Phi) is 4.61. The van der Waals surface area contributed by atoms with Gasteiger partial charge in [-0.25, -0.2) is 8.42 Å². The van der Waals surface area contributed by atoms with E-state index < -0.39 is 9.84 Å². The fourth-order valence-electron chi connectivity index (χ4n) is 1.90. The molecule has 0 aliphatic rings. The van der Waals surface area contributed by atoms with Crippen LogP contribution in [0.3, 0.4) is 0 Å². The van der Waals surface area contributed by atoms with Gasteiger partial charge in [0.25, 0.3) is 0 Å². The number of hydrogen-bond acceptors (Lipinski definition) is 5. The zero-order valence-electron chi connectivity index (χ0n) is 13.1. The molecule has 0 aliphatic carbocycles. The minimum Gasteiger partial charge on any atom is -0.378 e. The second-order valence-corrected chi connectivity index (χ2v) is 7.35. The molecule has 0 aliphatic heterocycles. The topological polar surface area (TPSA) is 62.1 Å². The number of aryl methyl sites for hydroxylation is 1. The van der Waals surface area contributed by atoms with E-state index in [2.05, 4.69) is 10.2 Å². The van der Waals surface area contributed by atoms with Gasteiger partial charge in [0.2, 0.25) is 0 Å². The Balaban J connectivity index is 2.22. The Hall–Kier alpha value is -2.21. The summed E-state index contributed by atoms with van der Waals surface area (Å²) >= 11 is 0. The highest BCUT2D eigenvalue weighted by Crippen LogP contribution is 2.26. The highest BCUT2D eigenvalue weighted by molar-refractivity contribution is 7.90. The first-order chi connectivity index (χ1) is 10.3. The third-order valence-electron chi connectivity index (χ3n) is 3.23. The normalized spacial score (nSPS) is 11.8. The maximum absolute atomic E-state index is 11.4. The van der Waals surface area contributed by atoms with Crippen molar-refractivity contribution in [2.45, 2.75) is 11.8 Å². The van der Waals surface area contributed by atoms with E-state index in [1.165, 1.54) is 18.4 Å². The Morgan fingerprint density at radius 3 is 2.09 bits per heavy atom. The number of azo groups is 1. The number of benzene rings is 2. The molecular formula is C16H19N3O2S. The van der Waals surface area contributed by atoms with E-state index in [1.54, 1.807) is 12.1 Å². The molecule has 0 fully saturated rings. The van der Waals surface area contributed by atoms with Crippen molar-refractivity contribution in [2.75, 3.05) is 25.3 Å². The monoisotopic (exact) mass is 317 g/mol. The molecular weight excluding hydrogens is 298 g/mol. The van der Waals surface area contributed by atoms with Crippen LogP contribution in [-0.2, 0) is 9.84 Å². The summed E-state index contributed by atoms with van der Waals surface area (Å²) in [6.45, 7) is 1.98. The second kappa shape index (κ2) is 6.27. The maximum Gasteiger partial charge on any atom is 0.175 e. The van der Waals surface area contributed by atoms with Crippen LogP contribution in [0.2, 0.25) is 0 Å². The number of rotatable bonds is 4. The number of hydrogen-bond donors (Lipinski definition) is 0. The summed E-state index contributed by atoms with van der Waals surface area (Å²) in [5.41, 5.74) is 3.54. The number of anilines is 1. The van der Waals surface area contributed by atoms with Gasteiger partial charge in [-0.1, -0.05) is 0 Å². The lowest BCUT2D eigenvalue weighted by atomic mass is 10.2. The quantitative estimate of drug-likeness (QED) is 0.804. The highest BCUT2D eigenvalue weighted by atomic mass is 32.2. The average molecular weight is 317 g/mol. The standard InChI is InChI=1S/C16H19N3O2S/c1-12-11-14(19(2)3)7-10-16(12)18-17-13-5-8-15(9-6-13)22(4,20)21/h5-11H,1-4H3. The van der Waals surface area contributed by atoms with Gasteiger partial charge in [-0.15, -0.1) is 0 Å². The molecule has 0 heterocycles. The zero-order valence-corrected chi connectivity index (χ0v) is 13.9. The van der Waals surface area contributed by atoms with Crippen molar-refractivity contribution in [1.29, 1.82) is 0 Å². The van der Waals surface area contributed by atoms with Crippen molar-refractivity contribution in [3.8, 4) is 0 Å². The van der Waals surface area contributed by atoms with Crippen molar-refractivity contribution in [1.82, 2.24) is 0 Å². The summed E-state index contributed by atoms with van der Waals surface area (Å²) < 4.78 is 22.8. The molecule has 0 saturated heterocycles. The first-order valence-electron chi connectivity index (χ1n) is 6.77. The Morgan fingerprint density at radius 1 is 0.955 bits per heavy atom. The molecule has 2 aromatic rings. The Bertz CT molecular complexity index is 795. The van der Waals surface area contributed by atoms with Gasteiger partial charge >= 0.3 is 0 Å². The second-order valence-electron chi connectivity index (χ2n) is 5.33. The first-order valence-corrected chi connectivity index (χ1v) is 8.66. The summed E-state index contributed by atoms with van der Waals surface area (Å²) in [7, 11) is 0.788. The van der Waals surface area contributed by atoms with Crippen LogP contribution in [0.25, 0.3) is 0 Å². The lowest BCUT2D eigenvalue weighted by molar-refractivity contribution is 0.602. The summed E-state index contributed by atoms with van der Waals surface area (Å²) in [5.74, 6) is 0. The third-order valence-corrected chi connectivity index (χ3v) is 4.36. The molecule has 2 aromatic carbocycles. The molecule has 0 aromatic heterocycles. The van der Waals surface area contributed by atoms with E-state index >= 15 is 0 Å². The van der Waals surface area contributed by atoms with Gasteiger partial charge in [-0.3, -0.25) is 0 Å². The smallest absolute Gasteiger partial charge is 0.175 e. The van der Waals surface area contributed by atoms with E-state index in [0.29, 0.717) is 5.69 Å². The molecule has 0 unspecified atom stereocenters. The first kappa shape index (κ1) is 16.2. The molecule has 6 heteroatoms. The Labute approximate surface area is 131 Å². The molecule has 0 amide bonds. The molecule has 0 saturated carbocycles. The third kappa shape index (κ3) is 3.92. The zero-order chi connectivity index (χ0) is 16.3. The van der Waals surface area contributed by atoms with Crippen LogP contribution in [0, 0.1) is 6.92 Å². The predicted molar refractivity (Wildman–Crippen MR) is 89.2 cm³/mol. The summed E-state index contributed by atoms with van der Waals surface area (Å²) in [4.78, 5) is 2.30. The summed E-state index contributed by atoms with van der Waals surface area (Å²) in [6, 6.07) is 12.3. The number of nitrogens with zero attached hydrogens (tertiary/aromatic N) is 3. The van der Waals surface area contributed by atoms with Crippen molar-refractivity contribution in [2.24, 2.45) is 10.2 Å². The maximum atomic E-state index is 11.4. The minimum atomic E-state index is -3.18. The fourth-order valence-corrected chi connectivity index (χ4v) is 2.53. The highest BCUT2D eigenvalue weighted by Gasteiger charge is 2.06. The molecule has 2 rings (SSSR count). The van der Waals surface area contributed by atoms with Crippen LogP contribution in [0.4, 0.5) is 17.1 Å². The van der Waals surface area contributed by atoms with Crippen molar-refractivity contribution in [3.05, 3.63) is 48.0 Å². The van der Waals surface area contributed by atoms with E-state index in [0.717, 1.165) is 16.9 Å². The van der Waals surface area contributed by atoms with E-state index in [4.69, 9.17) is 0 Å². The SMILES string of the molecule is Cc1cc(N(C)C)ccc1N=Nc1ccc(S(C)(=O)=O)cc1. The Morgan fingerprint density at radius 2 is 1.59 bits per heavy atom. The largest absolute Gasteiger partial charge is 0.378 e. The number of sulfone groups is 1. The predicted octanol–water partition coefficient (Wildman–Crippen LogP) is 3.88. The van der Waals surface area contributed by atoms with Gasteiger partial charge in [0.05, 0.1) is 16.3 Å². The van der Waals surface area contributed by atoms with Gasteiger partial charge in [0.1, 0.15) is 0 Å². The average Bonchev–Trinajstić information content (AvgIpc) is 2.45. The van der Waals surface area contributed by atoms with Crippen LogP contribution in [0.15, 0.2) is 57.6 Å². The van der Waals surface area contributed by atoms with Gasteiger partial charge < -0.3 is 4.90 Å². The van der Waals surface area contributed by atoms with Crippen molar-refractivity contribution >= 4 is 26.9 Å². The molecule has 116 valence electrons. The van der Waals surface area contributed by atoms with Crippen molar-refractivity contribution < 1.29 is 8.42 Å². The van der Waals surface area contributed by atoms with E-state index in [1.807, 2.05) is 44.1 Å². The van der Waals surface area contributed by atoms with Gasteiger partial charge in [0.15, 0.2) is 9.84 Å². The van der Waals surface area contributed by atoms with E-state index in [9.17, 15) is 8.42 Å². The van der Waals surface area contributed by atoms with Gasteiger partial charge in [-0.05, 0) is 55.0 Å². The summed E-state index contributed by atoms with van der Waals surface area (Å²) in [6.07, 6.45) is 1.18. The van der Waals surface area contributed by atoms with E-state index in [-0.39, 0.29) is 4.90 Å². The van der Waals surface area contributed by atoms with Crippen LogP contribution in [0.5, 0.6) is 0 Å². The molecule has 22 heavy (non-hydrogen) atoms. The van der Waals surface area contributed by atoms with Crippen LogP contribution in [-0.4, -0.2) is 28.8 Å². The molecule has 0 spiro atoms. The van der Waals surface area contributed by atoms with Crippen LogP contribution in [0.1, 0.15) is 5.56 Å². The lowest BCUT2D eigenvalue weighted by Crippen LogP contribution is -2.08.